The van der Waals surface area contributed by atoms with Crippen LogP contribution in [0, 0.1) is 5.92 Å². The minimum absolute atomic E-state index is 0.0613. The van der Waals surface area contributed by atoms with Crippen LogP contribution in [0.2, 0.25) is 0 Å². The third-order valence-corrected chi connectivity index (χ3v) is 10.4. The second-order valence-corrected chi connectivity index (χ2v) is 14.1. The predicted octanol–water partition coefficient (Wildman–Crippen LogP) is 3.58. The molecule has 0 radical (unpaired) electrons. The Labute approximate surface area is 274 Å². The summed E-state index contributed by atoms with van der Waals surface area (Å²) in [6.07, 6.45) is 10.6. The molecule has 2 aliphatic rings. The standard InChI is InChI=1S/C33H42N8O5S/c34-32-17-9-25(20-36-32)30(42)22-35-21-28-13-8-24-19-26(10-16-31(24)46-28)37-47(44,45)29-14-11-27(12-15-29)41-33(43)40(38-39-41)18-4-7-23-5-2-1-3-6-23/h9-12,14-17,19-20,23,28,30,35,37,42H,1-8,13,18,21-22H2,(H2,34,36)/t28-,30-/m1/s1. The van der Waals surface area contributed by atoms with Gasteiger partial charge in [0.25, 0.3) is 10.0 Å². The van der Waals surface area contributed by atoms with Gasteiger partial charge in [-0.25, -0.2) is 18.2 Å². The number of nitrogens with one attached hydrogen (secondary N) is 2. The molecule has 1 fully saturated rings. The smallest absolute Gasteiger partial charge is 0.368 e. The summed E-state index contributed by atoms with van der Waals surface area (Å²) >= 11 is 0. The Bertz CT molecular complexity index is 1800. The molecule has 5 N–H and O–H groups in total. The maximum Gasteiger partial charge on any atom is 0.368 e. The van der Waals surface area contributed by atoms with Gasteiger partial charge in [0.2, 0.25) is 0 Å². The lowest BCUT2D eigenvalue weighted by Gasteiger charge is -2.27. The fourth-order valence-electron chi connectivity index (χ4n) is 6.33. The summed E-state index contributed by atoms with van der Waals surface area (Å²) in [7, 11) is -3.89. The van der Waals surface area contributed by atoms with Crippen molar-refractivity contribution in [3.63, 3.8) is 0 Å². The second kappa shape index (κ2) is 14.7. The number of hydrogen-bond donors (Lipinski definition) is 4. The number of anilines is 2. The number of nitrogen functional groups attached to an aromatic ring is 1. The molecule has 250 valence electrons. The van der Waals surface area contributed by atoms with Gasteiger partial charge in [0, 0.05) is 37.1 Å². The highest BCUT2D eigenvalue weighted by atomic mass is 32.2. The molecule has 0 saturated heterocycles. The molecule has 0 amide bonds. The molecule has 47 heavy (non-hydrogen) atoms. The van der Waals surface area contributed by atoms with E-state index in [-0.39, 0.29) is 16.7 Å². The highest BCUT2D eigenvalue weighted by molar-refractivity contribution is 7.92. The minimum atomic E-state index is -3.89. The molecular weight excluding hydrogens is 620 g/mol. The zero-order chi connectivity index (χ0) is 32.8. The molecule has 1 saturated carbocycles. The van der Waals surface area contributed by atoms with Crippen LogP contribution in [0.5, 0.6) is 5.75 Å². The van der Waals surface area contributed by atoms with E-state index in [1.165, 1.54) is 53.6 Å². The lowest BCUT2D eigenvalue weighted by molar-refractivity contribution is 0.146. The Morgan fingerprint density at radius 1 is 1.02 bits per heavy atom. The van der Waals surface area contributed by atoms with Crippen LogP contribution in [0.3, 0.4) is 0 Å². The van der Waals surface area contributed by atoms with E-state index < -0.39 is 16.1 Å². The third-order valence-electron chi connectivity index (χ3n) is 8.98. The number of sulfonamides is 1. The largest absolute Gasteiger partial charge is 0.489 e. The van der Waals surface area contributed by atoms with E-state index in [1.807, 2.05) is 0 Å². The zero-order valence-electron chi connectivity index (χ0n) is 26.3. The topological polar surface area (TPSA) is 179 Å². The number of fused-ring (bicyclic) bond motifs is 1. The van der Waals surface area contributed by atoms with Gasteiger partial charge in [0.15, 0.2) is 0 Å². The third kappa shape index (κ3) is 8.18. The zero-order valence-corrected chi connectivity index (χ0v) is 27.1. The van der Waals surface area contributed by atoms with E-state index in [2.05, 4.69) is 25.4 Å². The molecule has 0 unspecified atom stereocenters. The summed E-state index contributed by atoms with van der Waals surface area (Å²) in [6, 6.07) is 14.6. The average Bonchev–Trinajstić information content (AvgIpc) is 3.45. The molecule has 6 rings (SSSR count). The van der Waals surface area contributed by atoms with Crippen molar-refractivity contribution in [2.45, 2.75) is 81.4 Å². The molecule has 13 nitrogen and oxygen atoms in total. The maximum absolute atomic E-state index is 13.2. The average molecular weight is 663 g/mol. The van der Waals surface area contributed by atoms with Crippen molar-refractivity contribution < 1.29 is 18.3 Å². The van der Waals surface area contributed by atoms with Crippen LogP contribution >= 0.6 is 0 Å². The van der Waals surface area contributed by atoms with Crippen LogP contribution in [0.25, 0.3) is 5.69 Å². The number of tetrazole rings is 1. The van der Waals surface area contributed by atoms with Gasteiger partial charge in [-0.05, 0) is 96.1 Å². The number of pyridine rings is 1. The van der Waals surface area contributed by atoms with Crippen LogP contribution in [0.15, 0.2) is 70.5 Å². The van der Waals surface area contributed by atoms with Crippen molar-refractivity contribution in [3.05, 3.63) is 82.4 Å². The first kappa shape index (κ1) is 32.7. The quantitative estimate of drug-likeness (QED) is 0.165. The normalized spacial score (nSPS) is 17.5. The van der Waals surface area contributed by atoms with Gasteiger partial charge < -0.3 is 20.9 Å². The van der Waals surface area contributed by atoms with E-state index in [4.69, 9.17) is 10.5 Å². The van der Waals surface area contributed by atoms with Gasteiger partial charge in [0.1, 0.15) is 17.7 Å². The molecule has 2 aromatic carbocycles. The summed E-state index contributed by atoms with van der Waals surface area (Å²) in [5, 5.41) is 21.7. The Morgan fingerprint density at radius 3 is 2.60 bits per heavy atom. The molecule has 3 heterocycles. The lowest BCUT2D eigenvalue weighted by Crippen LogP contribution is -2.36. The number of benzene rings is 2. The fourth-order valence-corrected chi connectivity index (χ4v) is 7.38. The first-order valence-corrected chi connectivity index (χ1v) is 17.8. The summed E-state index contributed by atoms with van der Waals surface area (Å²) in [4.78, 5) is 17.0. The van der Waals surface area contributed by atoms with Crippen molar-refractivity contribution in [3.8, 4) is 11.4 Å². The molecule has 14 heteroatoms. The first-order chi connectivity index (χ1) is 22.7. The van der Waals surface area contributed by atoms with Gasteiger partial charge in [-0.3, -0.25) is 4.72 Å². The van der Waals surface area contributed by atoms with Crippen molar-refractivity contribution in [1.82, 2.24) is 30.1 Å². The van der Waals surface area contributed by atoms with Gasteiger partial charge in [-0.2, -0.15) is 9.36 Å². The highest BCUT2D eigenvalue weighted by Crippen LogP contribution is 2.31. The fraction of sp³-hybridized carbons (Fsp3) is 0.455. The molecule has 4 aromatic rings. The van der Waals surface area contributed by atoms with Crippen molar-refractivity contribution >= 4 is 21.5 Å². The maximum atomic E-state index is 13.2. The van der Waals surface area contributed by atoms with Crippen molar-refractivity contribution in [1.29, 1.82) is 0 Å². The minimum Gasteiger partial charge on any atom is -0.489 e. The summed E-state index contributed by atoms with van der Waals surface area (Å²) in [5.41, 5.74) is 7.73. The second-order valence-electron chi connectivity index (χ2n) is 12.4. The van der Waals surface area contributed by atoms with Crippen LogP contribution < -0.4 is 26.2 Å². The van der Waals surface area contributed by atoms with Crippen molar-refractivity contribution in [2.75, 3.05) is 23.5 Å². The number of rotatable bonds is 13. The van der Waals surface area contributed by atoms with E-state index >= 15 is 0 Å². The van der Waals surface area contributed by atoms with E-state index in [0.717, 1.165) is 30.7 Å². The van der Waals surface area contributed by atoms with E-state index in [0.29, 0.717) is 54.6 Å². The van der Waals surface area contributed by atoms with E-state index in [9.17, 15) is 18.3 Å². The molecule has 0 spiro atoms. The first-order valence-electron chi connectivity index (χ1n) is 16.3. The van der Waals surface area contributed by atoms with Crippen LogP contribution in [-0.2, 0) is 23.0 Å². The summed E-state index contributed by atoms with van der Waals surface area (Å²) in [5.74, 6) is 1.84. The Kier molecular flexibility index (Phi) is 10.2. The van der Waals surface area contributed by atoms with Gasteiger partial charge in [-0.15, -0.1) is 0 Å². The number of aliphatic hydroxyl groups excluding tert-OH is 1. The summed E-state index contributed by atoms with van der Waals surface area (Å²) < 4.78 is 37.7. The molecule has 2 aromatic heterocycles. The monoisotopic (exact) mass is 662 g/mol. The lowest BCUT2D eigenvalue weighted by atomic mass is 9.86. The SMILES string of the molecule is Nc1ccc([C@H](O)CNC[C@H]2CCc3cc(NS(=O)(=O)c4ccc(-n5nnn(CCCC6CCCCC6)c5=O)cc4)ccc3O2)cn1. The Hall–Kier alpha value is -4.27. The molecule has 1 aliphatic carbocycles. The van der Waals surface area contributed by atoms with Crippen molar-refractivity contribution in [2.24, 2.45) is 5.92 Å². The van der Waals surface area contributed by atoms with Crippen LogP contribution in [-0.4, -0.2) is 57.5 Å². The number of aromatic nitrogens is 5. The molecule has 0 bridgehead atoms. The highest BCUT2D eigenvalue weighted by Gasteiger charge is 2.22. The Morgan fingerprint density at radius 2 is 1.83 bits per heavy atom. The number of nitrogens with two attached hydrogens (primary N) is 1. The number of aryl methyl sites for hydroxylation is 2. The van der Waals surface area contributed by atoms with E-state index in [1.54, 1.807) is 48.7 Å². The number of hydrogen-bond acceptors (Lipinski definition) is 10. The molecular formula is C33H42N8O5S. The van der Waals surface area contributed by atoms with Crippen LogP contribution in [0.4, 0.5) is 11.5 Å². The predicted molar refractivity (Wildman–Crippen MR) is 178 cm³/mol. The summed E-state index contributed by atoms with van der Waals surface area (Å²) in [6.45, 7) is 1.41. The molecule has 1 aliphatic heterocycles. The van der Waals surface area contributed by atoms with Gasteiger partial charge in [-0.1, -0.05) is 38.2 Å². The molecule has 2 atom stereocenters. The van der Waals surface area contributed by atoms with Gasteiger partial charge >= 0.3 is 5.69 Å². The number of aliphatic hydroxyl groups is 1. The van der Waals surface area contributed by atoms with Crippen LogP contribution in [0.1, 0.15) is 68.6 Å². The van der Waals surface area contributed by atoms with Gasteiger partial charge in [0.05, 0.1) is 16.7 Å². The number of nitrogens with zero attached hydrogens (tertiary/aromatic N) is 5. The number of ether oxygens (including phenoxy) is 1. The Balaban J connectivity index is 1.01.